The van der Waals surface area contributed by atoms with Crippen LogP contribution in [-0.4, -0.2) is 13.2 Å². The molecule has 0 aliphatic carbocycles. The van der Waals surface area contributed by atoms with E-state index in [-0.39, 0.29) is 0 Å². The zero-order valence-electron chi connectivity index (χ0n) is 10.8. The van der Waals surface area contributed by atoms with Crippen LogP contribution in [0.5, 0.6) is 5.75 Å². The Hall–Kier alpha value is -1.18. The number of benzene rings is 1. The highest BCUT2D eigenvalue weighted by atomic mass is 16.5. The number of ether oxygens (including phenoxy) is 1. The Morgan fingerprint density at radius 3 is 3.06 bits per heavy atom. The Kier molecular flexibility index (Phi) is 4.72. The zero-order valence-corrected chi connectivity index (χ0v) is 10.8. The summed E-state index contributed by atoms with van der Waals surface area (Å²) in [6, 6.07) is 6.60. The van der Waals surface area contributed by atoms with E-state index in [1.165, 1.54) is 37.7 Å². The van der Waals surface area contributed by atoms with Crippen LogP contribution in [0.2, 0.25) is 0 Å². The molecule has 1 aromatic carbocycles. The lowest BCUT2D eigenvalue weighted by Gasteiger charge is -2.10. The van der Waals surface area contributed by atoms with E-state index in [9.17, 15) is 0 Å². The Morgan fingerprint density at radius 2 is 2.18 bits per heavy atom. The average Bonchev–Trinajstić information content (AvgIpc) is 2.59. The van der Waals surface area contributed by atoms with Gasteiger partial charge in [0.05, 0.1) is 12.3 Å². The Morgan fingerprint density at radius 1 is 1.24 bits per heavy atom. The molecule has 2 heteroatoms. The fourth-order valence-electron chi connectivity index (χ4n) is 2.22. The lowest BCUT2D eigenvalue weighted by molar-refractivity contribution is 0.322. The second kappa shape index (κ2) is 6.53. The molecule has 0 bridgehead atoms. The SMILES string of the molecule is CCCCCCc1ccc2c(c1)OCCCN2. The van der Waals surface area contributed by atoms with Gasteiger partial charge in [-0.1, -0.05) is 32.3 Å². The summed E-state index contributed by atoms with van der Waals surface area (Å²) < 4.78 is 5.75. The molecule has 0 saturated carbocycles. The topological polar surface area (TPSA) is 21.3 Å². The third-order valence-electron chi connectivity index (χ3n) is 3.26. The van der Waals surface area contributed by atoms with Crippen LogP contribution in [0.25, 0.3) is 0 Å². The molecule has 0 aromatic heterocycles. The van der Waals surface area contributed by atoms with Crippen molar-refractivity contribution in [3.63, 3.8) is 0 Å². The fraction of sp³-hybridized carbons (Fsp3) is 0.600. The minimum absolute atomic E-state index is 0.833. The van der Waals surface area contributed by atoms with Crippen LogP contribution in [0, 0.1) is 0 Å². The van der Waals surface area contributed by atoms with Gasteiger partial charge in [0.15, 0.2) is 0 Å². The van der Waals surface area contributed by atoms with Crippen LogP contribution in [0.3, 0.4) is 0 Å². The van der Waals surface area contributed by atoms with Gasteiger partial charge in [-0.2, -0.15) is 0 Å². The lowest BCUT2D eigenvalue weighted by atomic mass is 10.1. The van der Waals surface area contributed by atoms with Gasteiger partial charge in [-0.25, -0.2) is 0 Å². The summed E-state index contributed by atoms with van der Waals surface area (Å²) in [4.78, 5) is 0. The first-order valence-electron chi connectivity index (χ1n) is 6.90. The summed E-state index contributed by atoms with van der Waals surface area (Å²) in [5, 5.41) is 3.40. The third-order valence-corrected chi connectivity index (χ3v) is 3.26. The van der Waals surface area contributed by atoms with Gasteiger partial charge < -0.3 is 10.1 Å². The molecule has 17 heavy (non-hydrogen) atoms. The van der Waals surface area contributed by atoms with E-state index in [1.807, 2.05) is 0 Å². The minimum atomic E-state index is 0.833. The molecule has 94 valence electrons. The van der Waals surface area contributed by atoms with Gasteiger partial charge in [0, 0.05) is 6.54 Å². The van der Waals surface area contributed by atoms with Crippen LogP contribution in [0.4, 0.5) is 5.69 Å². The summed E-state index contributed by atoms with van der Waals surface area (Å²) in [5.41, 5.74) is 2.56. The third kappa shape index (κ3) is 3.65. The molecule has 1 aliphatic rings. The monoisotopic (exact) mass is 233 g/mol. The molecule has 0 saturated heterocycles. The van der Waals surface area contributed by atoms with E-state index >= 15 is 0 Å². The standard InChI is InChI=1S/C15H23NO/c1-2-3-4-5-7-13-8-9-14-15(12-13)17-11-6-10-16-14/h8-9,12,16H,2-7,10-11H2,1H3. The number of hydrogen-bond donors (Lipinski definition) is 1. The number of unbranched alkanes of at least 4 members (excludes halogenated alkanes) is 3. The number of anilines is 1. The molecule has 1 N–H and O–H groups in total. The van der Waals surface area contributed by atoms with Crippen molar-refractivity contribution in [1.82, 2.24) is 0 Å². The molecule has 0 atom stereocenters. The highest BCUT2D eigenvalue weighted by Crippen LogP contribution is 2.28. The van der Waals surface area contributed by atoms with Gasteiger partial charge in [0.2, 0.25) is 0 Å². The van der Waals surface area contributed by atoms with Crippen molar-refractivity contribution in [1.29, 1.82) is 0 Å². The molecule has 0 unspecified atom stereocenters. The molecule has 0 radical (unpaired) electrons. The molecular weight excluding hydrogens is 210 g/mol. The van der Waals surface area contributed by atoms with E-state index in [0.717, 1.165) is 31.0 Å². The minimum Gasteiger partial charge on any atom is -0.491 e. The zero-order chi connectivity index (χ0) is 11.9. The molecule has 0 spiro atoms. The number of hydrogen-bond acceptors (Lipinski definition) is 2. The molecule has 1 aromatic rings. The maximum Gasteiger partial charge on any atom is 0.142 e. The van der Waals surface area contributed by atoms with Crippen LogP contribution in [0.1, 0.15) is 44.6 Å². The van der Waals surface area contributed by atoms with Crippen LogP contribution in [-0.2, 0) is 6.42 Å². The second-order valence-corrected chi connectivity index (χ2v) is 4.77. The number of aryl methyl sites for hydroxylation is 1. The normalized spacial score (nSPS) is 14.4. The van der Waals surface area contributed by atoms with E-state index in [0.29, 0.717) is 0 Å². The smallest absolute Gasteiger partial charge is 0.142 e. The molecule has 2 nitrogen and oxygen atoms in total. The van der Waals surface area contributed by atoms with E-state index in [1.54, 1.807) is 0 Å². The van der Waals surface area contributed by atoms with E-state index < -0.39 is 0 Å². The first-order valence-corrected chi connectivity index (χ1v) is 6.90. The second-order valence-electron chi connectivity index (χ2n) is 4.77. The van der Waals surface area contributed by atoms with Crippen molar-refractivity contribution in [3.8, 4) is 5.75 Å². The number of fused-ring (bicyclic) bond motifs is 1. The average molecular weight is 233 g/mol. The summed E-state index contributed by atoms with van der Waals surface area (Å²) in [5.74, 6) is 1.04. The Balaban J connectivity index is 1.93. The maximum atomic E-state index is 5.75. The highest BCUT2D eigenvalue weighted by Gasteiger charge is 2.08. The molecule has 2 rings (SSSR count). The molecular formula is C15H23NO. The summed E-state index contributed by atoms with van der Waals surface area (Å²) in [7, 11) is 0. The quantitative estimate of drug-likeness (QED) is 0.776. The van der Waals surface area contributed by atoms with Crippen molar-refractivity contribution < 1.29 is 4.74 Å². The Labute approximate surface area is 104 Å². The molecule has 1 heterocycles. The van der Waals surface area contributed by atoms with Gasteiger partial charge in [0.25, 0.3) is 0 Å². The predicted octanol–water partition coefficient (Wildman–Crippen LogP) is 4.00. The predicted molar refractivity (Wildman–Crippen MR) is 72.9 cm³/mol. The lowest BCUT2D eigenvalue weighted by Crippen LogP contribution is -1.99. The maximum absolute atomic E-state index is 5.75. The van der Waals surface area contributed by atoms with E-state index in [2.05, 4.69) is 30.4 Å². The number of rotatable bonds is 5. The van der Waals surface area contributed by atoms with Crippen LogP contribution in [0.15, 0.2) is 18.2 Å². The Bertz CT molecular complexity index is 349. The molecule has 0 amide bonds. The largest absolute Gasteiger partial charge is 0.491 e. The summed E-state index contributed by atoms with van der Waals surface area (Å²) in [6.45, 7) is 4.10. The van der Waals surface area contributed by atoms with Crippen molar-refractivity contribution in [2.75, 3.05) is 18.5 Å². The summed E-state index contributed by atoms with van der Waals surface area (Å²) >= 11 is 0. The highest BCUT2D eigenvalue weighted by molar-refractivity contribution is 5.58. The molecule has 1 aliphatic heterocycles. The van der Waals surface area contributed by atoms with Crippen LogP contribution >= 0.6 is 0 Å². The van der Waals surface area contributed by atoms with Crippen molar-refractivity contribution in [3.05, 3.63) is 23.8 Å². The van der Waals surface area contributed by atoms with E-state index in [4.69, 9.17) is 4.74 Å². The van der Waals surface area contributed by atoms with Crippen LogP contribution < -0.4 is 10.1 Å². The van der Waals surface area contributed by atoms with Gasteiger partial charge in [0.1, 0.15) is 5.75 Å². The van der Waals surface area contributed by atoms with Crippen molar-refractivity contribution >= 4 is 5.69 Å². The van der Waals surface area contributed by atoms with Crippen molar-refractivity contribution in [2.24, 2.45) is 0 Å². The number of nitrogens with one attached hydrogen (secondary N) is 1. The molecule has 0 fully saturated rings. The fourth-order valence-corrected chi connectivity index (χ4v) is 2.22. The van der Waals surface area contributed by atoms with Gasteiger partial charge in [-0.3, -0.25) is 0 Å². The van der Waals surface area contributed by atoms with Crippen molar-refractivity contribution in [2.45, 2.75) is 45.4 Å². The first kappa shape index (κ1) is 12.3. The first-order chi connectivity index (χ1) is 8.40. The van der Waals surface area contributed by atoms with Gasteiger partial charge in [-0.15, -0.1) is 0 Å². The van der Waals surface area contributed by atoms with Gasteiger partial charge >= 0.3 is 0 Å². The summed E-state index contributed by atoms with van der Waals surface area (Å²) in [6.07, 6.45) is 7.55. The van der Waals surface area contributed by atoms with Gasteiger partial charge in [-0.05, 0) is 37.0 Å².